The van der Waals surface area contributed by atoms with Gasteiger partial charge in [0.15, 0.2) is 0 Å². The first-order valence-corrected chi connectivity index (χ1v) is 9.21. The Kier molecular flexibility index (Phi) is 4.42. The number of fused-ring (bicyclic) bond motifs is 1. The van der Waals surface area contributed by atoms with Crippen LogP contribution in [0.5, 0.6) is 0 Å². The highest BCUT2D eigenvalue weighted by Gasteiger charge is 2.26. The van der Waals surface area contributed by atoms with Crippen molar-refractivity contribution in [3.05, 3.63) is 41.1 Å². The lowest BCUT2D eigenvalue weighted by Gasteiger charge is -2.20. The number of rotatable bonds is 4. The van der Waals surface area contributed by atoms with Crippen molar-refractivity contribution in [3.63, 3.8) is 0 Å². The van der Waals surface area contributed by atoms with Crippen LogP contribution >= 0.6 is 0 Å². The number of anilines is 1. The Morgan fingerprint density at radius 1 is 1.36 bits per heavy atom. The summed E-state index contributed by atoms with van der Waals surface area (Å²) in [7, 11) is 0. The van der Waals surface area contributed by atoms with Gasteiger partial charge in [0.25, 0.3) is 0 Å². The molecule has 1 aliphatic heterocycles. The van der Waals surface area contributed by atoms with Crippen LogP contribution in [0.2, 0.25) is 0 Å². The van der Waals surface area contributed by atoms with Gasteiger partial charge in [0, 0.05) is 43.9 Å². The van der Waals surface area contributed by atoms with E-state index in [1.807, 2.05) is 13.1 Å². The molecule has 132 valence electrons. The number of carbonyl (C=O) groups is 1. The van der Waals surface area contributed by atoms with Crippen LogP contribution in [0.3, 0.4) is 0 Å². The van der Waals surface area contributed by atoms with E-state index in [-0.39, 0.29) is 11.8 Å². The van der Waals surface area contributed by atoms with Crippen molar-refractivity contribution >= 4 is 11.7 Å². The predicted molar refractivity (Wildman–Crippen MR) is 96.4 cm³/mol. The average molecular weight is 339 g/mol. The number of pyridine rings is 1. The predicted octanol–water partition coefficient (Wildman–Crippen LogP) is 2.13. The Morgan fingerprint density at radius 3 is 2.96 bits per heavy atom. The summed E-state index contributed by atoms with van der Waals surface area (Å²) in [6.07, 6.45) is 6.88. The van der Waals surface area contributed by atoms with Gasteiger partial charge >= 0.3 is 0 Å². The van der Waals surface area contributed by atoms with Gasteiger partial charge in [-0.1, -0.05) is 6.07 Å². The largest absolute Gasteiger partial charge is 0.357 e. The van der Waals surface area contributed by atoms with Crippen LogP contribution in [0.25, 0.3) is 0 Å². The van der Waals surface area contributed by atoms with Crippen LogP contribution in [0, 0.1) is 12.8 Å². The molecule has 25 heavy (non-hydrogen) atoms. The van der Waals surface area contributed by atoms with E-state index >= 15 is 0 Å². The molecule has 3 heterocycles. The van der Waals surface area contributed by atoms with Crippen LogP contribution < -0.4 is 10.2 Å². The molecule has 4 rings (SSSR count). The van der Waals surface area contributed by atoms with E-state index < -0.39 is 0 Å². The van der Waals surface area contributed by atoms with E-state index in [0.717, 1.165) is 60.9 Å². The zero-order valence-electron chi connectivity index (χ0n) is 14.7. The molecule has 1 aliphatic carbocycles. The fourth-order valence-electron chi connectivity index (χ4n) is 3.84. The molecule has 0 radical (unpaired) electrons. The van der Waals surface area contributed by atoms with Crippen LogP contribution in [-0.2, 0) is 24.2 Å². The van der Waals surface area contributed by atoms with Gasteiger partial charge < -0.3 is 15.2 Å². The van der Waals surface area contributed by atoms with Crippen molar-refractivity contribution in [1.29, 1.82) is 0 Å². The summed E-state index contributed by atoms with van der Waals surface area (Å²) in [6, 6.07) is 4.13. The smallest absolute Gasteiger partial charge is 0.223 e. The van der Waals surface area contributed by atoms with Crippen molar-refractivity contribution < 1.29 is 4.79 Å². The molecule has 6 nitrogen and oxygen atoms in total. The lowest BCUT2D eigenvalue weighted by molar-refractivity contribution is -0.125. The summed E-state index contributed by atoms with van der Waals surface area (Å²) < 4.78 is 0. The average Bonchev–Trinajstić information content (AvgIpc) is 3.28. The van der Waals surface area contributed by atoms with Crippen LogP contribution in [-0.4, -0.2) is 33.9 Å². The van der Waals surface area contributed by atoms with Gasteiger partial charge in [-0.05, 0) is 44.2 Å². The lowest BCUT2D eigenvalue weighted by atomic mass is 9.89. The maximum Gasteiger partial charge on any atom is 0.223 e. The van der Waals surface area contributed by atoms with Crippen molar-refractivity contribution in [1.82, 2.24) is 20.3 Å². The molecule has 2 aliphatic rings. The SMILES string of the molecule is Cc1nc2c([nH]1)C[C@@H](C(=O)NCc1ccc(N3CCCC3)nc1)CC2. The molecule has 2 aromatic rings. The van der Waals surface area contributed by atoms with E-state index in [1.165, 1.54) is 12.8 Å². The fraction of sp³-hybridized carbons (Fsp3) is 0.526. The van der Waals surface area contributed by atoms with E-state index in [1.54, 1.807) is 0 Å². The molecule has 0 unspecified atom stereocenters. The van der Waals surface area contributed by atoms with Crippen molar-refractivity contribution in [2.24, 2.45) is 5.92 Å². The van der Waals surface area contributed by atoms with Crippen LogP contribution in [0.15, 0.2) is 18.3 Å². The minimum absolute atomic E-state index is 0.0317. The molecular formula is C19H25N5O. The molecule has 0 spiro atoms. The normalized spacial score (nSPS) is 19.7. The van der Waals surface area contributed by atoms with Gasteiger partial charge in [0.2, 0.25) is 5.91 Å². The highest BCUT2D eigenvalue weighted by molar-refractivity contribution is 5.79. The molecule has 1 atom stereocenters. The van der Waals surface area contributed by atoms with Crippen LogP contribution in [0.1, 0.15) is 42.0 Å². The molecule has 1 fully saturated rings. The minimum atomic E-state index is 0.0317. The third kappa shape index (κ3) is 3.52. The lowest BCUT2D eigenvalue weighted by Crippen LogP contribution is -2.33. The summed E-state index contributed by atoms with van der Waals surface area (Å²) in [5.41, 5.74) is 3.30. The van der Waals surface area contributed by atoms with Crippen molar-refractivity contribution in [2.75, 3.05) is 18.0 Å². The molecule has 0 aromatic carbocycles. The number of nitrogens with one attached hydrogen (secondary N) is 2. The van der Waals surface area contributed by atoms with E-state index in [4.69, 9.17) is 0 Å². The Labute approximate surface area is 148 Å². The van der Waals surface area contributed by atoms with Crippen LogP contribution in [0.4, 0.5) is 5.82 Å². The first-order valence-electron chi connectivity index (χ1n) is 9.21. The van der Waals surface area contributed by atoms with Gasteiger partial charge in [0.1, 0.15) is 11.6 Å². The minimum Gasteiger partial charge on any atom is -0.357 e. The highest BCUT2D eigenvalue weighted by atomic mass is 16.1. The maximum absolute atomic E-state index is 12.5. The second-order valence-electron chi connectivity index (χ2n) is 7.12. The number of imidazole rings is 1. The van der Waals surface area contributed by atoms with Gasteiger partial charge in [-0.2, -0.15) is 0 Å². The molecule has 1 amide bonds. The number of aryl methyl sites for hydroxylation is 2. The number of nitrogens with zero attached hydrogens (tertiary/aromatic N) is 3. The molecule has 2 aromatic heterocycles. The van der Waals surface area contributed by atoms with Gasteiger partial charge in [0.05, 0.1) is 5.69 Å². The highest BCUT2D eigenvalue weighted by Crippen LogP contribution is 2.24. The van der Waals surface area contributed by atoms with Crippen molar-refractivity contribution in [3.8, 4) is 0 Å². The molecular weight excluding hydrogens is 314 g/mol. The summed E-state index contributed by atoms with van der Waals surface area (Å²) in [4.78, 5) is 27.1. The Balaban J connectivity index is 1.31. The summed E-state index contributed by atoms with van der Waals surface area (Å²) in [5.74, 6) is 2.14. The van der Waals surface area contributed by atoms with Gasteiger partial charge in [-0.15, -0.1) is 0 Å². The number of hydrogen-bond acceptors (Lipinski definition) is 4. The first-order chi connectivity index (χ1) is 12.2. The number of carbonyl (C=O) groups excluding carboxylic acids is 1. The second-order valence-corrected chi connectivity index (χ2v) is 7.12. The Morgan fingerprint density at radius 2 is 2.20 bits per heavy atom. The standard InChI is InChI=1S/C19H25N5O/c1-13-22-16-6-5-15(10-17(16)23-13)19(25)21-12-14-4-7-18(20-11-14)24-8-2-3-9-24/h4,7,11,15H,2-3,5-6,8-10,12H2,1H3,(H,21,25)(H,22,23)/t15-/m0/s1. The third-order valence-electron chi connectivity index (χ3n) is 5.24. The monoisotopic (exact) mass is 339 g/mol. The molecule has 0 saturated carbocycles. The van der Waals surface area contributed by atoms with Crippen molar-refractivity contribution in [2.45, 2.75) is 45.6 Å². The third-order valence-corrected chi connectivity index (χ3v) is 5.24. The van der Waals surface area contributed by atoms with Gasteiger partial charge in [-0.25, -0.2) is 9.97 Å². The van der Waals surface area contributed by atoms with E-state index in [9.17, 15) is 4.79 Å². The Hall–Kier alpha value is -2.37. The number of aromatic amines is 1. The van der Waals surface area contributed by atoms with E-state index in [0.29, 0.717) is 6.54 Å². The number of amides is 1. The number of H-pyrrole nitrogens is 1. The fourth-order valence-corrected chi connectivity index (χ4v) is 3.84. The van der Waals surface area contributed by atoms with Gasteiger partial charge in [-0.3, -0.25) is 4.79 Å². The number of hydrogen-bond donors (Lipinski definition) is 2. The molecule has 6 heteroatoms. The summed E-state index contributed by atoms with van der Waals surface area (Å²) in [6.45, 7) is 4.70. The molecule has 1 saturated heterocycles. The molecule has 2 N–H and O–H groups in total. The topological polar surface area (TPSA) is 73.9 Å². The zero-order valence-corrected chi connectivity index (χ0v) is 14.7. The molecule has 0 bridgehead atoms. The Bertz CT molecular complexity index is 746. The van der Waals surface area contributed by atoms with E-state index in [2.05, 4.69) is 37.3 Å². The summed E-state index contributed by atoms with van der Waals surface area (Å²) in [5, 5.41) is 3.07. The number of aromatic nitrogens is 3. The zero-order chi connectivity index (χ0) is 17.2. The maximum atomic E-state index is 12.5. The summed E-state index contributed by atoms with van der Waals surface area (Å²) >= 11 is 0. The quantitative estimate of drug-likeness (QED) is 0.895. The second kappa shape index (κ2) is 6.86. The first kappa shape index (κ1) is 16.1.